The van der Waals surface area contributed by atoms with Crippen LogP contribution < -0.4 is 5.32 Å². The van der Waals surface area contributed by atoms with E-state index in [9.17, 15) is 14.7 Å². The Balaban J connectivity index is 2.24. The number of nitrogens with zero attached hydrogens (tertiary/aromatic N) is 1. The van der Waals surface area contributed by atoms with Gasteiger partial charge < -0.3 is 15.2 Å². The highest BCUT2D eigenvalue weighted by molar-refractivity contribution is 9.10. The van der Waals surface area contributed by atoms with E-state index < -0.39 is 22.8 Å². The number of amides is 1. The zero-order valence-corrected chi connectivity index (χ0v) is 14.3. The molecule has 1 aromatic rings. The summed E-state index contributed by atoms with van der Waals surface area (Å²) in [6, 6.07) is 1.60. The van der Waals surface area contributed by atoms with Crippen molar-refractivity contribution >= 4 is 27.8 Å². The topological polar surface area (TPSA) is 88.5 Å². The smallest absolute Gasteiger partial charge is 0.330 e. The number of hydrogen-bond acceptors (Lipinski definition) is 4. The molecule has 0 radical (unpaired) electrons. The molecule has 0 aromatic carbocycles. The monoisotopic (exact) mass is 370 g/mol. The Bertz CT molecular complexity index is 605. The number of carbonyl (C=O) groups excluding carboxylic acids is 1. The third-order valence-corrected chi connectivity index (χ3v) is 4.86. The number of nitrogens with one attached hydrogen (secondary N) is 1. The summed E-state index contributed by atoms with van der Waals surface area (Å²) in [6.45, 7) is 5.96. The fraction of sp³-hybridized carbons (Fsp3) is 0.533. The summed E-state index contributed by atoms with van der Waals surface area (Å²) >= 11 is 3.24. The van der Waals surface area contributed by atoms with Gasteiger partial charge in [0, 0.05) is 35.3 Å². The SMILES string of the molecule is CCOC1CC(NC(=O)c2cncc(Br)c2)(C(=O)O)C1(C)C. The molecule has 2 rings (SSSR count). The lowest BCUT2D eigenvalue weighted by Crippen LogP contribution is -2.76. The molecule has 1 aliphatic rings. The van der Waals surface area contributed by atoms with E-state index in [-0.39, 0.29) is 12.5 Å². The standard InChI is InChI=1S/C15H19BrN2O4/c1-4-22-11-6-15(13(20)21,14(11,2)3)18-12(19)9-5-10(16)8-17-7-9/h5,7-8,11H,4,6H2,1-3H3,(H,18,19)(H,20,21). The molecule has 2 N–H and O–H groups in total. The molecule has 1 aliphatic carbocycles. The summed E-state index contributed by atoms with van der Waals surface area (Å²) in [7, 11) is 0. The average molecular weight is 371 g/mol. The van der Waals surface area contributed by atoms with Crippen molar-refractivity contribution in [1.82, 2.24) is 10.3 Å². The first-order chi connectivity index (χ1) is 10.2. The third kappa shape index (κ3) is 2.63. The molecule has 0 bridgehead atoms. The van der Waals surface area contributed by atoms with Gasteiger partial charge >= 0.3 is 5.97 Å². The van der Waals surface area contributed by atoms with Crippen LogP contribution >= 0.6 is 15.9 Å². The maximum Gasteiger partial charge on any atom is 0.330 e. The van der Waals surface area contributed by atoms with Gasteiger partial charge in [-0.25, -0.2) is 4.79 Å². The first-order valence-electron chi connectivity index (χ1n) is 7.02. The van der Waals surface area contributed by atoms with E-state index in [2.05, 4.69) is 26.2 Å². The number of pyridine rings is 1. The number of carboxylic acids is 1. The van der Waals surface area contributed by atoms with Gasteiger partial charge in [0.15, 0.2) is 0 Å². The molecule has 1 amide bonds. The van der Waals surface area contributed by atoms with Crippen LogP contribution in [0.4, 0.5) is 0 Å². The van der Waals surface area contributed by atoms with Gasteiger partial charge in [0.05, 0.1) is 11.7 Å². The van der Waals surface area contributed by atoms with Crippen molar-refractivity contribution in [3.8, 4) is 0 Å². The number of hydrogen-bond donors (Lipinski definition) is 2. The zero-order valence-electron chi connectivity index (χ0n) is 12.7. The van der Waals surface area contributed by atoms with Crippen molar-refractivity contribution in [3.05, 3.63) is 28.5 Å². The van der Waals surface area contributed by atoms with Crippen LogP contribution in [-0.2, 0) is 9.53 Å². The number of ether oxygens (including phenoxy) is 1. The maximum atomic E-state index is 12.4. The van der Waals surface area contributed by atoms with Crippen LogP contribution in [0.2, 0.25) is 0 Å². The summed E-state index contributed by atoms with van der Waals surface area (Å²) in [4.78, 5) is 28.1. The van der Waals surface area contributed by atoms with E-state index in [0.29, 0.717) is 16.6 Å². The molecule has 2 atom stereocenters. The Morgan fingerprint density at radius 2 is 2.18 bits per heavy atom. The first-order valence-corrected chi connectivity index (χ1v) is 7.82. The van der Waals surface area contributed by atoms with E-state index in [1.165, 1.54) is 6.20 Å². The number of halogens is 1. The molecule has 22 heavy (non-hydrogen) atoms. The number of carbonyl (C=O) groups is 2. The van der Waals surface area contributed by atoms with Crippen LogP contribution in [0.25, 0.3) is 0 Å². The maximum absolute atomic E-state index is 12.4. The minimum Gasteiger partial charge on any atom is -0.479 e. The number of rotatable bonds is 5. The number of carboxylic acid groups (broad SMARTS) is 1. The van der Waals surface area contributed by atoms with Gasteiger partial charge in [0.2, 0.25) is 0 Å². The van der Waals surface area contributed by atoms with Crippen molar-refractivity contribution < 1.29 is 19.4 Å². The quantitative estimate of drug-likeness (QED) is 0.829. The lowest BCUT2D eigenvalue weighted by molar-refractivity contribution is -0.190. The van der Waals surface area contributed by atoms with Crippen LogP contribution in [-0.4, -0.2) is 40.2 Å². The molecule has 0 aliphatic heterocycles. The van der Waals surface area contributed by atoms with E-state index in [1.807, 2.05) is 6.92 Å². The van der Waals surface area contributed by atoms with E-state index >= 15 is 0 Å². The minimum absolute atomic E-state index is 0.200. The molecule has 0 saturated heterocycles. The van der Waals surface area contributed by atoms with Crippen molar-refractivity contribution in [1.29, 1.82) is 0 Å². The highest BCUT2D eigenvalue weighted by Crippen LogP contribution is 2.51. The predicted molar refractivity (Wildman–Crippen MR) is 83.6 cm³/mol. The van der Waals surface area contributed by atoms with Gasteiger partial charge in [-0.3, -0.25) is 9.78 Å². The number of aromatic nitrogens is 1. The minimum atomic E-state index is -1.34. The molecule has 7 heteroatoms. The van der Waals surface area contributed by atoms with Gasteiger partial charge in [-0.1, -0.05) is 13.8 Å². The van der Waals surface area contributed by atoms with E-state index in [4.69, 9.17) is 4.74 Å². The fourth-order valence-electron chi connectivity index (χ4n) is 2.84. The van der Waals surface area contributed by atoms with E-state index in [1.54, 1.807) is 26.1 Å². The van der Waals surface area contributed by atoms with Crippen molar-refractivity contribution in [2.45, 2.75) is 38.8 Å². The average Bonchev–Trinajstić information content (AvgIpc) is 2.45. The second-order valence-corrected chi connectivity index (χ2v) is 6.84. The lowest BCUT2D eigenvalue weighted by atomic mass is 9.54. The molecule has 1 aromatic heterocycles. The van der Waals surface area contributed by atoms with Crippen LogP contribution in [0.1, 0.15) is 37.6 Å². The first kappa shape index (κ1) is 16.9. The molecular weight excluding hydrogens is 352 g/mol. The highest BCUT2D eigenvalue weighted by Gasteiger charge is 2.66. The van der Waals surface area contributed by atoms with Crippen molar-refractivity contribution in [2.75, 3.05) is 6.61 Å². The summed E-state index contributed by atoms with van der Waals surface area (Å²) in [5.41, 5.74) is -1.73. The fourth-order valence-corrected chi connectivity index (χ4v) is 3.20. The summed E-state index contributed by atoms with van der Waals surface area (Å²) in [6.07, 6.45) is 3.01. The third-order valence-electron chi connectivity index (χ3n) is 4.42. The molecule has 0 spiro atoms. The van der Waals surface area contributed by atoms with Crippen LogP contribution in [0.5, 0.6) is 0 Å². The number of aliphatic carboxylic acids is 1. The molecule has 1 heterocycles. The predicted octanol–water partition coefficient (Wildman–Crippen LogP) is 2.23. The van der Waals surface area contributed by atoms with Gasteiger partial charge in [-0.05, 0) is 28.9 Å². The van der Waals surface area contributed by atoms with Crippen LogP contribution in [0, 0.1) is 5.41 Å². The van der Waals surface area contributed by atoms with Gasteiger partial charge in [-0.15, -0.1) is 0 Å². The molecule has 2 unspecified atom stereocenters. The Morgan fingerprint density at radius 1 is 1.50 bits per heavy atom. The molecule has 6 nitrogen and oxygen atoms in total. The highest BCUT2D eigenvalue weighted by atomic mass is 79.9. The van der Waals surface area contributed by atoms with Crippen LogP contribution in [0.15, 0.2) is 22.9 Å². The van der Waals surface area contributed by atoms with Gasteiger partial charge in [0.1, 0.15) is 5.54 Å². The Morgan fingerprint density at radius 3 is 2.68 bits per heavy atom. The molecule has 1 saturated carbocycles. The Kier molecular flexibility index (Phi) is 4.58. The summed E-state index contributed by atoms with van der Waals surface area (Å²) in [5.74, 6) is -1.51. The van der Waals surface area contributed by atoms with Gasteiger partial charge in [-0.2, -0.15) is 0 Å². The largest absolute Gasteiger partial charge is 0.479 e. The van der Waals surface area contributed by atoms with E-state index in [0.717, 1.165) is 0 Å². The molecular formula is C15H19BrN2O4. The molecule has 120 valence electrons. The second kappa shape index (κ2) is 5.96. The Labute approximate surface area is 137 Å². The Hall–Kier alpha value is -1.47. The van der Waals surface area contributed by atoms with Crippen molar-refractivity contribution in [3.63, 3.8) is 0 Å². The van der Waals surface area contributed by atoms with Crippen LogP contribution in [0.3, 0.4) is 0 Å². The lowest BCUT2D eigenvalue weighted by Gasteiger charge is -2.58. The van der Waals surface area contributed by atoms with Gasteiger partial charge in [0.25, 0.3) is 5.91 Å². The summed E-state index contributed by atoms with van der Waals surface area (Å²) < 4.78 is 6.23. The van der Waals surface area contributed by atoms with Crippen molar-refractivity contribution in [2.24, 2.45) is 5.41 Å². The summed E-state index contributed by atoms with van der Waals surface area (Å²) in [5, 5.41) is 12.3. The second-order valence-electron chi connectivity index (χ2n) is 5.93. The molecule has 1 fully saturated rings. The zero-order chi connectivity index (χ0) is 16.5. The normalized spacial score (nSPS) is 26.1.